The number of halogens is 1. The second-order valence-electron chi connectivity index (χ2n) is 5.24. The first-order valence-corrected chi connectivity index (χ1v) is 6.99. The molecule has 0 aliphatic carbocycles. The molecule has 102 valence electrons. The number of fused-ring (bicyclic) bond motifs is 5. The molecule has 4 rings (SSSR count). The summed E-state index contributed by atoms with van der Waals surface area (Å²) in [6, 6.07) is 13.1. The molecule has 1 aromatic carbocycles. The van der Waals surface area contributed by atoms with Crippen LogP contribution in [0.25, 0.3) is 22.3 Å². The Balaban J connectivity index is 0.00000121. The topological polar surface area (TPSA) is 19.7 Å². The van der Waals surface area contributed by atoms with Crippen molar-refractivity contribution in [1.82, 2.24) is 4.98 Å². The van der Waals surface area contributed by atoms with Crippen LogP contribution in [0.3, 0.4) is 0 Å². The molecule has 0 saturated carbocycles. The van der Waals surface area contributed by atoms with Gasteiger partial charge in [-0.1, -0.05) is 25.1 Å². The Bertz CT molecular complexity index is 774. The molecule has 0 amide bonds. The van der Waals surface area contributed by atoms with E-state index in [1.165, 1.54) is 33.4 Å². The van der Waals surface area contributed by atoms with Crippen molar-refractivity contribution in [3.05, 3.63) is 53.7 Å². The third-order valence-corrected chi connectivity index (χ3v) is 4.17. The summed E-state index contributed by atoms with van der Waals surface area (Å²) in [5.74, 6) is 0. The quantitative estimate of drug-likeness (QED) is 0.618. The minimum atomic E-state index is 0. The lowest BCUT2D eigenvalue weighted by Crippen LogP contribution is -3.00. The van der Waals surface area contributed by atoms with Gasteiger partial charge in [-0.3, -0.25) is 0 Å². The molecule has 0 bridgehead atoms. The third kappa shape index (κ3) is 1.83. The van der Waals surface area contributed by atoms with Crippen molar-refractivity contribution in [3.8, 4) is 11.4 Å². The molecule has 2 aromatic heterocycles. The zero-order chi connectivity index (χ0) is 12.8. The van der Waals surface area contributed by atoms with Gasteiger partial charge in [0.05, 0.1) is 0 Å². The van der Waals surface area contributed by atoms with Crippen LogP contribution in [-0.2, 0) is 19.4 Å². The molecule has 3 heterocycles. The number of nitrogens with zero attached hydrogens (tertiary/aromatic N) is 1. The van der Waals surface area contributed by atoms with Crippen LogP contribution >= 0.6 is 0 Å². The summed E-state index contributed by atoms with van der Waals surface area (Å²) in [5, 5.41) is 1.38. The monoisotopic (exact) mass is 284 g/mol. The first-order valence-electron chi connectivity index (χ1n) is 6.99. The molecule has 0 radical (unpaired) electrons. The smallest absolute Gasteiger partial charge is 0.229 e. The van der Waals surface area contributed by atoms with Gasteiger partial charge in [0.25, 0.3) is 0 Å². The molecule has 3 aromatic rings. The van der Waals surface area contributed by atoms with E-state index in [1.807, 2.05) is 0 Å². The number of rotatable bonds is 1. The summed E-state index contributed by atoms with van der Waals surface area (Å²) in [4.78, 5) is 3.59. The number of hydrogen-bond donors (Lipinski definition) is 1. The zero-order valence-electron chi connectivity index (χ0n) is 11.5. The first kappa shape index (κ1) is 13.2. The standard InChI is InChI=1S/C17H16N2.ClH/c1-2-12-7-8-16-17-14(9-10-19(16)11-12)13-5-3-4-6-15(13)18-17;/h3-8,11H,2,9-10H2,1H3;1H. The van der Waals surface area contributed by atoms with Crippen LogP contribution < -0.4 is 17.0 Å². The maximum absolute atomic E-state index is 3.59. The maximum atomic E-state index is 3.59. The van der Waals surface area contributed by atoms with Gasteiger partial charge in [-0.25, -0.2) is 0 Å². The van der Waals surface area contributed by atoms with Gasteiger partial charge in [-0.2, -0.15) is 4.57 Å². The van der Waals surface area contributed by atoms with E-state index in [4.69, 9.17) is 0 Å². The Labute approximate surface area is 124 Å². The predicted molar refractivity (Wildman–Crippen MR) is 77.0 cm³/mol. The average molecular weight is 285 g/mol. The molecule has 1 aliphatic rings. The van der Waals surface area contributed by atoms with Gasteiger partial charge in [0.2, 0.25) is 5.69 Å². The number of pyridine rings is 1. The Morgan fingerprint density at radius 1 is 1.15 bits per heavy atom. The largest absolute Gasteiger partial charge is 1.00 e. The van der Waals surface area contributed by atoms with Gasteiger partial charge in [-0.15, -0.1) is 0 Å². The van der Waals surface area contributed by atoms with E-state index < -0.39 is 0 Å². The Hall–Kier alpha value is -1.80. The Morgan fingerprint density at radius 2 is 2.00 bits per heavy atom. The SMILES string of the molecule is CCc1ccc2[n+](c1)CCc1c-2[nH]c2ccccc12.[Cl-]. The van der Waals surface area contributed by atoms with Gasteiger partial charge in [0.1, 0.15) is 5.69 Å². The highest BCUT2D eigenvalue weighted by Crippen LogP contribution is 2.31. The van der Waals surface area contributed by atoms with Crippen LogP contribution in [0.4, 0.5) is 0 Å². The predicted octanol–water partition coefficient (Wildman–Crippen LogP) is 0.245. The highest BCUT2D eigenvalue weighted by atomic mass is 35.5. The minimum Gasteiger partial charge on any atom is -1.00 e. The van der Waals surface area contributed by atoms with Gasteiger partial charge in [0.15, 0.2) is 12.7 Å². The summed E-state index contributed by atoms with van der Waals surface area (Å²) in [5.41, 5.74) is 6.74. The number of aryl methyl sites for hydroxylation is 3. The lowest BCUT2D eigenvalue weighted by Gasteiger charge is -2.11. The number of para-hydroxylation sites is 1. The fraction of sp³-hybridized carbons (Fsp3) is 0.235. The molecule has 20 heavy (non-hydrogen) atoms. The van der Waals surface area contributed by atoms with E-state index in [9.17, 15) is 0 Å². The minimum absolute atomic E-state index is 0. The number of hydrogen-bond acceptors (Lipinski definition) is 0. The fourth-order valence-electron chi connectivity index (χ4n) is 3.13. The van der Waals surface area contributed by atoms with Gasteiger partial charge in [0, 0.05) is 29.0 Å². The molecule has 2 nitrogen and oxygen atoms in total. The second-order valence-corrected chi connectivity index (χ2v) is 5.24. The van der Waals surface area contributed by atoms with Crippen LogP contribution in [0, 0.1) is 0 Å². The van der Waals surface area contributed by atoms with E-state index in [1.54, 1.807) is 0 Å². The van der Waals surface area contributed by atoms with Crippen LogP contribution in [-0.4, -0.2) is 4.98 Å². The van der Waals surface area contributed by atoms with E-state index >= 15 is 0 Å². The highest BCUT2D eigenvalue weighted by molar-refractivity contribution is 5.90. The summed E-state index contributed by atoms with van der Waals surface area (Å²) in [7, 11) is 0. The molecule has 0 fully saturated rings. The second kappa shape index (κ2) is 4.95. The van der Waals surface area contributed by atoms with E-state index in [2.05, 4.69) is 59.1 Å². The molecule has 1 aliphatic heterocycles. The van der Waals surface area contributed by atoms with E-state index in [0.29, 0.717) is 0 Å². The van der Waals surface area contributed by atoms with Gasteiger partial charge < -0.3 is 17.4 Å². The first-order chi connectivity index (χ1) is 9.36. The van der Waals surface area contributed by atoms with Crippen LogP contribution in [0.2, 0.25) is 0 Å². The van der Waals surface area contributed by atoms with Crippen molar-refractivity contribution in [3.63, 3.8) is 0 Å². The van der Waals surface area contributed by atoms with Crippen molar-refractivity contribution in [2.45, 2.75) is 26.3 Å². The van der Waals surface area contributed by atoms with Crippen LogP contribution in [0.1, 0.15) is 18.1 Å². The fourth-order valence-corrected chi connectivity index (χ4v) is 3.13. The van der Waals surface area contributed by atoms with E-state index in [-0.39, 0.29) is 12.4 Å². The molecular formula is C17H17ClN2. The number of aromatic amines is 1. The summed E-state index contributed by atoms with van der Waals surface area (Å²) < 4.78 is 2.39. The number of benzene rings is 1. The molecule has 0 atom stereocenters. The van der Waals surface area contributed by atoms with Crippen molar-refractivity contribution in [2.24, 2.45) is 0 Å². The third-order valence-electron chi connectivity index (χ3n) is 4.17. The molecule has 3 heteroatoms. The average Bonchev–Trinajstić information content (AvgIpc) is 2.85. The Morgan fingerprint density at radius 3 is 2.85 bits per heavy atom. The van der Waals surface area contributed by atoms with Crippen molar-refractivity contribution in [2.75, 3.05) is 0 Å². The molecule has 0 unspecified atom stereocenters. The van der Waals surface area contributed by atoms with Crippen molar-refractivity contribution in [1.29, 1.82) is 0 Å². The van der Waals surface area contributed by atoms with Gasteiger partial charge in [-0.05, 0) is 24.1 Å². The molecule has 0 spiro atoms. The summed E-state index contributed by atoms with van der Waals surface area (Å²) >= 11 is 0. The Kier molecular flexibility index (Phi) is 3.27. The van der Waals surface area contributed by atoms with Crippen molar-refractivity contribution < 1.29 is 17.0 Å². The lowest BCUT2D eigenvalue weighted by atomic mass is 10.0. The van der Waals surface area contributed by atoms with Gasteiger partial charge >= 0.3 is 0 Å². The lowest BCUT2D eigenvalue weighted by molar-refractivity contribution is -0.688. The van der Waals surface area contributed by atoms with Crippen LogP contribution in [0.15, 0.2) is 42.6 Å². The maximum Gasteiger partial charge on any atom is 0.229 e. The zero-order valence-corrected chi connectivity index (χ0v) is 12.2. The van der Waals surface area contributed by atoms with Crippen LogP contribution in [0.5, 0.6) is 0 Å². The number of nitrogens with one attached hydrogen (secondary N) is 1. The summed E-state index contributed by atoms with van der Waals surface area (Å²) in [6.07, 6.45) is 4.51. The summed E-state index contributed by atoms with van der Waals surface area (Å²) in [6.45, 7) is 3.29. The normalized spacial score (nSPS) is 12.7. The molecular weight excluding hydrogens is 268 g/mol. The molecule has 0 saturated heterocycles. The molecule has 1 N–H and O–H groups in total. The number of H-pyrrole nitrogens is 1. The van der Waals surface area contributed by atoms with Crippen molar-refractivity contribution >= 4 is 10.9 Å². The number of aromatic nitrogens is 2. The highest BCUT2D eigenvalue weighted by Gasteiger charge is 2.26. The van der Waals surface area contributed by atoms with E-state index in [0.717, 1.165) is 19.4 Å².